The van der Waals surface area contributed by atoms with Gasteiger partial charge in [-0.1, -0.05) is 0 Å². The Bertz CT molecular complexity index is 221. The van der Waals surface area contributed by atoms with E-state index in [2.05, 4.69) is 10.6 Å². The molecule has 2 nitrogen and oxygen atoms in total. The third kappa shape index (κ3) is 1.31. The molecule has 15 heavy (non-hydrogen) atoms. The van der Waals surface area contributed by atoms with Crippen LogP contribution in [-0.4, -0.2) is 12.1 Å². The second-order valence-electron chi connectivity index (χ2n) is 5.87. The highest BCUT2D eigenvalue weighted by Crippen LogP contribution is 2.57. The Morgan fingerprint density at radius 1 is 0.933 bits per heavy atom. The molecule has 0 saturated heterocycles. The summed E-state index contributed by atoms with van der Waals surface area (Å²) in [7, 11) is 11.4. The van der Waals surface area contributed by atoms with Crippen LogP contribution >= 0.6 is 0 Å². The van der Waals surface area contributed by atoms with Crippen LogP contribution in [0.1, 0.15) is 32.1 Å². The lowest BCUT2D eigenvalue weighted by atomic mass is 9.48. The Labute approximate surface area is 93.2 Å². The first kappa shape index (κ1) is 10.1. The molecule has 4 radical (unpaired) electrons. The zero-order chi connectivity index (χ0) is 10.5. The van der Waals surface area contributed by atoms with Crippen LogP contribution in [0.2, 0.25) is 0 Å². The minimum atomic E-state index is 0.0855. The maximum atomic E-state index is 5.83. The van der Waals surface area contributed by atoms with Gasteiger partial charge in [-0.25, -0.2) is 0 Å². The monoisotopic (exact) mass is 204 g/mol. The molecule has 0 unspecified atom stereocenters. The molecule has 0 aliphatic heterocycles. The predicted molar refractivity (Wildman–Crippen MR) is 59.5 cm³/mol. The quantitative estimate of drug-likeness (QED) is 0.684. The Hall–Kier alpha value is -0.0800. The molecule has 4 rings (SSSR count). The average molecular weight is 204 g/mol. The summed E-state index contributed by atoms with van der Waals surface area (Å²) in [5, 5.41) is 5.96. The van der Waals surface area contributed by atoms with E-state index < -0.39 is 0 Å². The fourth-order valence-corrected chi connectivity index (χ4v) is 4.77. The van der Waals surface area contributed by atoms with E-state index in [1.54, 1.807) is 0 Å². The van der Waals surface area contributed by atoms with Crippen LogP contribution in [0, 0.1) is 37.8 Å². The second-order valence-corrected chi connectivity index (χ2v) is 5.87. The van der Waals surface area contributed by atoms with Gasteiger partial charge < -0.3 is 10.6 Å². The first-order valence-electron chi connectivity index (χ1n) is 6.19. The zero-order valence-electron chi connectivity index (χ0n) is 9.21. The van der Waals surface area contributed by atoms with Crippen molar-refractivity contribution in [3.8, 4) is 0 Å². The Kier molecular flexibility index (Phi) is 2.33. The molecule has 4 fully saturated rings. The molecule has 0 spiro atoms. The van der Waals surface area contributed by atoms with E-state index in [4.69, 9.17) is 14.1 Å². The highest BCUT2D eigenvalue weighted by Gasteiger charge is 2.56. The van der Waals surface area contributed by atoms with Gasteiger partial charge in [0, 0.05) is 26.2 Å². The van der Waals surface area contributed by atoms with Gasteiger partial charge >= 0.3 is 0 Å². The molecule has 4 aliphatic rings. The van der Waals surface area contributed by atoms with E-state index >= 15 is 0 Å². The number of hydrogen-bond acceptors (Lipinski definition) is 2. The Morgan fingerprint density at radius 3 is 1.87 bits per heavy atom. The van der Waals surface area contributed by atoms with Crippen molar-refractivity contribution in [1.82, 2.24) is 10.6 Å². The van der Waals surface area contributed by atoms with Crippen LogP contribution in [0.3, 0.4) is 0 Å². The summed E-state index contributed by atoms with van der Waals surface area (Å²) < 4.78 is 0. The number of rotatable bonds is 3. The number of nitrogens with one attached hydrogen (secondary N) is 2. The molecule has 4 aliphatic carbocycles. The van der Waals surface area contributed by atoms with Crippen molar-refractivity contribution in [1.29, 1.82) is 0 Å². The van der Waals surface area contributed by atoms with Crippen LogP contribution < -0.4 is 10.6 Å². The highest BCUT2D eigenvalue weighted by atomic mass is 15.0. The third-order valence-electron chi connectivity index (χ3n) is 5.26. The minimum Gasteiger partial charge on any atom is -0.309 e. The zero-order valence-corrected chi connectivity index (χ0v) is 9.21. The highest BCUT2D eigenvalue weighted by molar-refractivity contribution is 5.12. The second kappa shape index (κ2) is 3.46. The van der Waals surface area contributed by atoms with Gasteiger partial charge in [0.1, 0.15) is 0 Å². The van der Waals surface area contributed by atoms with Gasteiger partial charge in [-0.05, 0) is 55.8 Å². The lowest BCUT2D eigenvalue weighted by Gasteiger charge is -2.61. The van der Waals surface area contributed by atoms with Gasteiger partial charge in [0.15, 0.2) is 0 Å². The number of hydrogen-bond donors (Lipinski definition) is 2. The lowest BCUT2D eigenvalue weighted by molar-refractivity contribution is -0.0660. The first-order chi connectivity index (χ1) is 7.28. The van der Waals surface area contributed by atoms with E-state index in [9.17, 15) is 0 Å². The first-order valence-corrected chi connectivity index (χ1v) is 6.19. The van der Waals surface area contributed by atoms with Crippen molar-refractivity contribution in [3.05, 3.63) is 14.1 Å². The van der Waals surface area contributed by atoms with Gasteiger partial charge in [0.05, 0.1) is 0 Å². The van der Waals surface area contributed by atoms with Crippen LogP contribution in [0.15, 0.2) is 0 Å². The summed E-state index contributed by atoms with van der Waals surface area (Å²) in [5.74, 6) is 3.45. The van der Waals surface area contributed by atoms with Crippen LogP contribution in [0.25, 0.3) is 0 Å². The Morgan fingerprint density at radius 2 is 1.47 bits per heavy atom. The molecular weight excluding hydrogens is 184 g/mol. The lowest BCUT2D eigenvalue weighted by Crippen LogP contribution is -2.67. The summed E-state index contributed by atoms with van der Waals surface area (Å²) in [4.78, 5) is 0. The van der Waals surface area contributed by atoms with Crippen molar-refractivity contribution in [2.45, 2.75) is 37.6 Å². The van der Waals surface area contributed by atoms with Gasteiger partial charge in [-0.2, -0.15) is 0 Å². The molecule has 0 aromatic heterocycles. The molecule has 82 valence electrons. The summed E-state index contributed by atoms with van der Waals surface area (Å²) in [6.45, 7) is 0.818. The standard InChI is InChI=1S/C13H20N2/c1-14-8-13(15-2)11-4-9-3-10(6-11)7-12(13)5-9/h1-2,9-12,14-15H,3-8H2. The minimum absolute atomic E-state index is 0.0855. The van der Waals surface area contributed by atoms with Crippen LogP contribution in [-0.2, 0) is 0 Å². The molecule has 0 atom stereocenters. The van der Waals surface area contributed by atoms with Crippen molar-refractivity contribution >= 4 is 0 Å². The normalized spacial score (nSPS) is 52.4. The molecule has 4 bridgehead atoms. The molecule has 4 saturated carbocycles. The third-order valence-corrected chi connectivity index (χ3v) is 5.26. The molecule has 0 amide bonds. The molecule has 2 heteroatoms. The van der Waals surface area contributed by atoms with Crippen molar-refractivity contribution in [2.75, 3.05) is 6.54 Å². The van der Waals surface area contributed by atoms with Crippen LogP contribution in [0.4, 0.5) is 0 Å². The van der Waals surface area contributed by atoms with Crippen molar-refractivity contribution in [3.63, 3.8) is 0 Å². The van der Waals surface area contributed by atoms with E-state index in [-0.39, 0.29) is 5.54 Å². The summed E-state index contributed by atoms with van der Waals surface area (Å²) in [6.07, 6.45) is 6.92. The Balaban J connectivity index is 1.89. The van der Waals surface area contributed by atoms with Gasteiger partial charge in [0.2, 0.25) is 0 Å². The fraction of sp³-hybridized carbons (Fsp3) is 0.846. The predicted octanol–water partition coefficient (Wildman–Crippen LogP) is 1.70. The van der Waals surface area contributed by atoms with Gasteiger partial charge in [-0.3, -0.25) is 0 Å². The molecule has 2 N–H and O–H groups in total. The SMILES string of the molecule is [CH]NCC1(N[CH])C2CC3CC(C2)CC1C3. The maximum Gasteiger partial charge on any atom is 0.0412 e. The van der Waals surface area contributed by atoms with Crippen LogP contribution in [0.5, 0.6) is 0 Å². The fourth-order valence-electron chi connectivity index (χ4n) is 4.77. The van der Waals surface area contributed by atoms with E-state index in [0.717, 1.165) is 30.2 Å². The topological polar surface area (TPSA) is 24.1 Å². The van der Waals surface area contributed by atoms with E-state index in [1.807, 2.05) is 0 Å². The van der Waals surface area contributed by atoms with E-state index in [1.165, 1.54) is 32.1 Å². The van der Waals surface area contributed by atoms with Crippen molar-refractivity contribution in [2.24, 2.45) is 23.7 Å². The van der Waals surface area contributed by atoms with E-state index in [0.29, 0.717) is 0 Å². The molecule has 0 aromatic rings. The van der Waals surface area contributed by atoms with Gasteiger partial charge in [-0.15, -0.1) is 0 Å². The molecule has 0 aromatic carbocycles. The summed E-state index contributed by atoms with van der Waals surface area (Å²) in [5.41, 5.74) is 0.0855. The van der Waals surface area contributed by atoms with Gasteiger partial charge in [0.25, 0.3) is 0 Å². The molecule has 0 heterocycles. The largest absolute Gasteiger partial charge is 0.309 e. The smallest absolute Gasteiger partial charge is 0.0412 e. The average Bonchev–Trinajstić information content (AvgIpc) is 2.23. The molecular formula is C13H20N2. The maximum absolute atomic E-state index is 5.83. The summed E-state index contributed by atoms with van der Waals surface area (Å²) >= 11 is 0. The summed E-state index contributed by atoms with van der Waals surface area (Å²) in [6, 6.07) is 0. The van der Waals surface area contributed by atoms with Crippen molar-refractivity contribution < 1.29 is 0 Å².